The summed E-state index contributed by atoms with van der Waals surface area (Å²) < 4.78 is 5.85. The molecule has 0 fully saturated rings. The summed E-state index contributed by atoms with van der Waals surface area (Å²) in [6.07, 6.45) is 0.673. The molecule has 0 spiro atoms. The van der Waals surface area contributed by atoms with Crippen LogP contribution in [0.15, 0.2) is 54.6 Å². The van der Waals surface area contributed by atoms with E-state index in [4.69, 9.17) is 4.74 Å². The standard InChI is InChI=1S/C28H37N5O5/c1-32(2)15-9-14-29-27(36)22-19-25(34)30-23(18-20-10-5-4-6-11-20)28(37)33(3)16-17-38-24-13-8-7-12-21(24)26(35)31-22/h4-8,10-13,22-23H,9,14-19H2,1-3H3,(H,29,36)(H,30,34)(H,31,35)/t22-,23-/m0/s1. The number of amides is 4. The predicted molar refractivity (Wildman–Crippen MR) is 144 cm³/mol. The average molecular weight is 524 g/mol. The number of ether oxygens (including phenoxy) is 1. The van der Waals surface area contributed by atoms with E-state index in [9.17, 15) is 19.2 Å². The summed E-state index contributed by atoms with van der Waals surface area (Å²) in [5, 5.41) is 8.29. The number of nitrogens with zero attached hydrogens (tertiary/aromatic N) is 2. The molecule has 3 N–H and O–H groups in total. The van der Waals surface area contributed by atoms with Crippen LogP contribution in [-0.4, -0.2) is 92.9 Å². The number of benzene rings is 2. The number of fused-ring (bicyclic) bond motifs is 1. The Bertz CT molecular complexity index is 1110. The van der Waals surface area contributed by atoms with Crippen LogP contribution in [0.4, 0.5) is 0 Å². The van der Waals surface area contributed by atoms with Gasteiger partial charge >= 0.3 is 0 Å². The molecule has 2 aromatic carbocycles. The van der Waals surface area contributed by atoms with E-state index in [1.807, 2.05) is 49.3 Å². The van der Waals surface area contributed by atoms with Gasteiger partial charge in [0.2, 0.25) is 17.7 Å². The van der Waals surface area contributed by atoms with Crippen molar-refractivity contribution in [1.29, 1.82) is 0 Å². The molecule has 0 saturated heterocycles. The Morgan fingerprint density at radius 1 is 1.05 bits per heavy atom. The molecule has 0 bridgehead atoms. The molecule has 1 aliphatic heterocycles. The quantitative estimate of drug-likeness (QED) is 0.463. The summed E-state index contributed by atoms with van der Waals surface area (Å²) in [4.78, 5) is 56.2. The molecule has 2 atom stereocenters. The molecule has 204 valence electrons. The van der Waals surface area contributed by atoms with E-state index in [2.05, 4.69) is 16.0 Å². The number of likely N-dealkylation sites (N-methyl/N-ethyl adjacent to an activating group) is 1. The van der Waals surface area contributed by atoms with Gasteiger partial charge in [-0.2, -0.15) is 0 Å². The lowest BCUT2D eigenvalue weighted by Gasteiger charge is -2.27. The van der Waals surface area contributed by atoms with Crippen LogP contribution in [0.5, 0.6) is 5.75 Å². The lowest BCUT2D eigenvalue weighted by Crippen LogP contribution is -2.53. The zero-order valence-corrected chi connectivity index (χ0v) is 22.2. The molecular weight excluding hydrogens is 486 g/mol. The second kappa shape index (κ2) is 14.1. The molecule has 0 aromatic heterocycles. The molecule has 1 aliphatic rings. The smallest absolute Gasteiger partial charge is 0.255 e. The van der Waals surface area contributed by atoms with E-state index in [1.54, 1.807) is 31.3 Å². The molecule has 4 amide bonds. The van der Waals surface area contributed by atoms with E-state index in [0.29, 0.717) is 18.7 Å². The normalized spacial score (nSPS) is 19.1. The van der Waals surface area contributed by atoms with Gasteiger partial charge in [-0.15, -0.1) is 0 Å². The summed E-state index contributed by atoms with van der Waals surface area (Å²) in [7, 11) is 5.52. The molecule has 0 saturated carbocycles. The Balaban J connectivity index is 1.85. The Kier molecular flexibility index (Phi) is 10.7. The highest BCUT2D eigenvalue weighted by molar-refractivity contribution is 6.01. The topological polar surface area (TPSA) is 120 Å². The van der Waals surface area contributed by atoms with Crippen LogP contribution in [0, 0.1) is 0 Å². The summed E-state index contributed by atoms with van der Waals surface area (Å²) in [5.41, 5.74) is 1.13. The third-order valence-electron chi connectivity index (χ3n) is 6.20. The first kappa shape index (κ1) is 28.6. The highest BCUT2D eigenvalue weighted by Crippen LogP contribution is 2.18. The SMILES string of the molecule is CN(C)CCCNC(=O)[C@@H]1CC(=O)N[C@@H](Cc2ccccc2)C(=O)N(C)CCOc2ccccc2C(=O)N1. The van der Waals surface area contributed by atoms with Crippen molar-refractivity contribution >= 4 is 23.6 Å². The third-order valence-corrected chi connectivity index (χ3v) is 6.20. The van der Waals surface area contributed by atoms with Gasteiger partial charge in [0, 0.05) is 20.0 Å². The zero-order chi connectivity index (χ0) is 27.5. The van der Waals surface area contributed by atoms with E-state index < -0.39 is 29.8 Å². The molecular formula is C28H37N5O5. The van der Waals surface area contributed by atoms with Crippen molar-refractivity contribution in [3.63, 3.8) is 0 Å². The largest absolute Gasteiger partial charge is 0.491 e. The zero-order valence-electron chi connectivity index (χ0n) is 22.2. The first-order valence-corrected chi connectivity index (χ1v) is 12.8. The van der Waals surface area contributed by atoms with Gasteiger partial charge in [-0.25, -0.2) is 0 Å². The summed E-state index contributed by atoms with van der Waals surface area (Å²) in [5.74, 6) is -1.45. The van der Waals surface area contributed by atoms with Crippen molar-refractivity contribution < 1.29 is 23.9 Å². The highest BCUT2D eigenvalue weighted by atomic mass is 16.5. The monoisotopic (exact) mass is 523 g/mol. The second-order valence-corrected chi connectivity index (χ2v) is 9.59. The number of nitrogens with one attached hydrogen (secondary N) is 3. The summed E-state index contributed by atoms with van der Waals surface area (Å²) >= 11 is 0. The van der Waals surface area contributed by atoms with Gasteiger partial charge in [0.15, 0.2) is 0 Å². The minimum Gasteiger partial charge on any atom is -0.491 e. The molecule has 1 heterocycles. The number of hydrogen-bond acceptors (Lipinski definition) is 6. The first-order chi connectivity index (χ1) is 18.2. The number of carbonyl (C=O) groups is 4. The van der Waals surface area contributed by atoms with Gasteiger partial charge < -0.3 is 30.5 Å². The van der Waals surface area contributed by atoms with Crippen molar-refractivity contribution in [2.45, 2.75) is 31.3 Å². The highest BCUT2D eigenvalue weighted by Gasteiger charge is 2.30. The van der Waals surface area contributed by atoms with Gasteiger partial charge in [0.25, 0.3) is 5.91 Å². The summed E-state index contributed by atoms with van der Waals surface area (Å²) in [6.45, 7) is 1.58. The van der Waals surface area contributed by atoms with Crippen molar-refractivity contribution in [3.05, 3.63) is 65.7 Å². The lowest BCUT2D eigenvalue weighted by atomic mass is 10.0. The van der Waals surface area contributed by atoms with Gasteiger partial charge in [-0.05, 0) is 44.8 Å². The summed E-state index contributed by atoms with van der Waals surface area (Å²) in [6, 6.07) is 14.1. The molecule has 10 heteroatoms. The van der Waals surface area contributed by atoms with E-state index in [1.165, 1.54) is 4.90 Å². The van der Waals surface area contributed by atoms with E-state index in [0.717, 1.165) is 12.1 Å². The van der Waals surface area contributed by atoms with Crippen molar-refractivity contribution in [2.24, 2.45) is 0 Å². The number of carbonyl (C=O) groups excluding carboxylic acids is 4. The van der Waals surface area contributed by atoms with Crippen molar-refractivity contribution in [3.8, 4) is 5.75 Å². The molecule has 3 rings (SSSR count). The second-order valence-electron chi connectivity index (χ2n) is 9.59. The van der Waals surface area contributed by atoms with Gasteiger partial charge in [-0.3, -0.25) is 19.2 Å². The molecule has 0 radical (unpaired) electrons. The maximum absolute atomic E-state index is 13.3. The van der Waals surface area contributed by atoms with Crippen LogP contribution >= 0.6 is 0 Å². The number of para-hydroxylation sites is 1. The Morgan fingerprint density at radius 2 is 1.76 bits per heavy atom. The van der Waals surface area contributed by atoms with E-state index in [-0.39, 0.29) is 37.5 Å². The van der Waals surface area contributed by atoms with Crippen LogP contribution in [0.3, 0.4) is 0 Å². The Hall–Kier alpha value is -3.92. The van der Waals surface area contributed by atoms with Crippen molar-refractivity contribution in [2.75, 3.05) is 47.4 Å². The van der Waals surface area contributed by atoms with Gasteiger partial charge in [0.1, 0.15) is 24.4 Å². The number of hydrogen-bond donors (Lipinski definition) is 3. The maximum atomic E-state index is 13.3. The third kappa shape index (κ3) is 8.58. The molecule has 2 aromatic rings. The van der Waals surface area contributed by atoms with E-state index >= 15 is 0 Å². The van der Waals surface area contributed by atoms with Crippen LogP contribution in [0.1, 0.15) is 28.8 Å². The van der Waals surface area contributed by atoms with Crippen molar-refractivity contribution in [1.82, 2.24) is 25.8 Å². The molecule has 0 aliphatic carbocycles. The molecule has 0 unspecified atom stereocenters. The minimum absolute atomic E-state index is 0.147. The minimum atomic E-state index is -1.14. The maximum Gasteiger partial charge on any atom is 0.255 e. The Labute approximate surface area is 223 Å². The lowest BCUT2D eigenvalue weighted by molar-refractivity contribution is -0.136. The molecule has 38 heavy (non-hydrogen) atoms. The Morgan fingerprint density at radius 3 is 2.50 bits per heavy atom. The fourth-order valence-electron chi connectivity index (χ4n) is 4.11. The van der Waals surface area contributed by atoms with Crippen LogP contribution < -0.4 is 20.7 Å². The first-order valence-electron chi connectivity index (χ1n) is 12.8. The fraction of sp³-hybridized carbons (Fsp3) is 0.429. The van der Waals surface area contributed by atoms with Crippen LogP contribution in [-0.2, 0) is 20.8 Å². The average Bonchev–Trinajstić information content (AvgIpc) is 2.90. The predicted octanol–water partition coefficient (Wildman–Crippen LogP) is 0.821. The van der Waals surface area contributed by atoms with Gasteiger partial charge in [0.05, 0.1) is 18.5 Å². The number of rotatable bonds is 7. The van der Waals surface area contributed by atoms with Crippen LogP contribution in [0.25, 0.3) is 0 Å². The molecule has 10 nitrogen and oxygen atoms in total. The van der Waals surface area contributed by atoms with Gasteiger partial charge in [-0.1, -0.05) is 42.5 Å². The fourth-order valence-corrected chi connectivity index (χ4v) is 4.11. The van der Waals surface area contributed by atoms with Crippen LogP contribution in [0.2, 0.25) is 0 Å².